The van der Waals surface area contributed by atoms with Crippen LogP contribution in [0.4, 0.5) is 0 Å². The molecule has 0 rings (SSSR count). The third kappa shape index (κ3) is 8.15. The number of hydrogen-bond donors (Lipinski definition) is 0. The van der Waals surface area contributed by atoms with Gasteiger partial charge < -0.3 is 0 Å². The van der Waals surface area contributed by atoms with E-state index in [1.165, 1.54) is 4.23 Å². The third-order valence-corrected chi connectivity index (χ3v) is 1.06. The van der Waals surface area contributed by atoms with Crippen LogP contribution in [0.15, 0.2) is 12.2 Å². The van der Waals surface area contributed by atoms with Gasteiger partial charge in [0.25, 0.3) is 0 Å². The van der Waals surface area contributed by atoms with Crippen LogP contribution in [0.5, 0.6) is 0 Å². The Hall–Kier alpha value is 0.154. The van der Waals surface area contributed by atoms with Crippen LogP contribution in [0.25, 0.3) is 0 Å². The Labute approximate surface area is 66.2 Å². The Balaban J connectivity index is 3.36. The van der Waals surface area contributed by atoms with Crippen molar-refractivity contribution < 1.29 is 17.0 Å². The first-order valence-corrected chi connectivity index (χ1v) is 3.66. The van der Waals surface area contributed by atoms with E-state index in [1.807, 2.05) is 0 Å². The molecule has 0 aromatic rings. The summed E-state index contributed by atoms with van der Waals surface area (Å²) in [6, 6.07) is 0. The average molecular weight is 162 g/mol. The fourth-order valence-electron chi connectivity index (χ4n) is 0.434. The topological polar surface area (TPSA) is 3.24 Å². The van der Waals surface area contributed by atoms with E-state index >= 15 is 0 Å². The van der Waals surface area contributed by atoms with Gasteiger partial charge in [-0.25, -0.2) is 0 Å². The summed E-state index contributed by atoms with van der Waals surface area (Å²) in [5, 5.41) is 0. The molecule has 0 radical (unpaired) electrons. The molecule has 0 bridgehead atoms. The van der Waals surface area contributed by atoms with Gasteiger partial charge >= 0.3 is 65.8 Å². The van der Waals surface area contributed by atoms with Gasteiger partial charge in [-0.1, -0.05) is 0 Å². The first kappa shape index (κ1) is 9.15. The zero-order chi connectivity index (χ0) is 7.28. The minimum atomic E-state index is 1.02. The molecule has 0 unspecified atom stereocenters. The van der Waals surface area contributed by atoms with Crippen molar-refractivity contribution in [2.24, 2.45) is 0 Å². The molecule has 51 valence electrons. The summed E-state index contributed by atoms with van der Waals surface area (Å²) in [6.45, 7) is 3.10. The molecular weight excluding hydrogens is 149 g/mol. The number of nitrogens with zero attached hydrogens (tertiary/aromatic N) is 1. The van der Waals surface area contributed by atoms with Crippen molar-refractivity contribution in [1.82, 2.24) is 4.90 Å². The van der Waals surface area contributed by atoms with E-state index in [4.69, 9.17) is 0 Å². The standard InChI is InChI=1S/C7H13N.V/c1-4-5-6-7-8(2)3;/h5-6H,7H2,1-3H3;/b6-5+;. The monoisotopic (exact) mass is 162 g/mol. The molecule has 0 N–H and O–H groups in total. The van der Waals surface area contributed by atoms with Gasteiger partial charge in [0.15, 0.2) is 0 Å². The first-order chi connectivity index (χ1) is 4.13. The summed E-state index contributed by atoms with van der Waals surface area (Å²) in [5.74, 6) is 0. The fourth-order valence-corrected chi connectivity index (χ4v) is 0.599. The molecule has 0 aliphatic carbocycles. The van der Waals surface area contributed by atoms with Gasteiger partial charge in [0.05, 0.1) is 0 Å². The minimum absolute atomic E-state index is 1.02. The van der Waals surface area contributed by atoms with Gasteiger partial charge in [0.1, 0.15) is 0 Å². The second kappa shape index (κ2) is 4.98. The van der Waals surface area contributed by atoms with E-state index in [9.17, 15) is 0 Å². The normalized spacial score (nSPS) is 11.0. The molecule has 1 nitrogen and oxygen atoms in total. The Morgan fingerprint density at radius 3 is 2.44 bits per heavy atom. The maximum atomic E-state index is 2.51. The first-order valence-electron chi connectivity index (χ1n) is 2.96. The molecule has 0 aliphatic heterocycles. The Morgan fingerprint density at radius 1 is 1.56 bits per heavy atom. The van der Waals surface area contributed by atoms with E-state index in [1.54, 1.807) is 0 Å². The zero-order valence-electron chi connectivity index (χ0n) is 6.26. The Morgan fingerprint density at radius 2 is 2.11 bits per heavy atom. The number of allylic oxidation sites excluding steroid dienone is 1. The van der Waals surface area contributed by atoms with Crippen molar-refractivity contribution >= 4 is 4.23 Å². The number of rotatable bonds is 3. The van der Waals surface area contributed by atoms with Gasteiger partial charge in [0.2, 0.25) is 0 Å². The molecule has 0 heterocycles. The molecular formula is C7H13NV. The van der Waals surface area contributed by atoms with Gasteiger partial charge in [-0.15, -0.1) is 0 Å². The second-order valence-electron chi connectivity index (χ2n) is 2.31. The van der Waals surface area contributed by atoms with Crippen molar-refractivity contribution in [3.63, 3.8) is 0 Å². The molecule has 0 amide bonds. The summed E-state index contributed by atoms with van der Waals surface area (Å²) in [5.41, 5.74) is 0. The van der Waals surface area contributed by atoms with Crippen LogP contribution in [0.2, 0.25) is 0 Å². The molecule has 0 saturated heterocycles. The molecule has 0 spiro atoms. The molecule has 0 aliphatic rings. The molecule has 0 atom stereocenters. The van der Waals surface area contributed by atoms with E-state index in [-0.39, 0.29) is 0 Å². The molecule has 0 saturated carbocycles. The van der Waals surface area contributed by atoms with Gasteiger partial charge in [-0.05, 0) is 0 Å². The van der Waals surface area contributed by atoms with Crippen molar-refractivity contribution in [3.05, 3.63) is 12.2 Å². The predicted octanol–water partition coefficient (Wildman–Crippen LogP) is 0.843. The van der Waals surface area contributed by atoms with Crippen molar-refractivity contribution in [2.45, 2.75) is 6.92 Å². The van der Waals surface area contributed by atoms with Crippen molar-refractivity contribution in [3.8, 4) is 0 Å². The van der Waals surface area contributed by atoms with E-state index in [0.717, 1.165) is 6.54 Å². The van der Waals surface area contributed by atoms with Gasteiger partial charge in [-0.3, -0.25) is 0 Å². The van der Waals surface area contributed by atoms with Crippen LogP contribution in [-0.4, -0.2) is 29.8 Å². The van der Waals surface area contributed by atoms with Crippen LogP contribution >= 0.6 is 0 Å². The molecule has 0 aromatic heterocycles. The molecule has 0 aromatic carbocycles. The maximum absolute atomic E-state index is 2.51. The van der Waals surface area contributed by atoms with Gasteiger partial charge in [0, 0.05) is 0 Å². The predicted molar refractivity (Wildman–Crippen MR) is 38.4 cm³/mol. The van der Waals surface area contributed by atoms with E-state index in [2.05, 4.69) is 55.0 Å². The Kier molecular flexibility index (Phi) is 5.07. The zero-order valence-corrected chi connectivity index (χ0v) is 7.65. The summed E-state index contributed by atoms with van der Waals surface area (Å²) < 4.78 is 1.30. The van der Waals surface area contributed by atoms with Crippen molar-refractivity contribution in [2.75, 3.05) is 20.6 Å². The number of hydrogen-bond acceptors (Lipinski definition) is 1. The molecule has 0 fully saturated rings. The molecule has 2 heteroatoms. The summed E-state index contributed by atoms with van der Waals surface area (Å²) >= 11 is 2.51. The van der Waals surface area contributed by atoms with Crippen LogP contribution in [-0.2, 0) is 17.0 Å². The SMILES string of the molecule is C[C](=[V])/C=C/CN(C)C. The Bertz CT molecular complexity index is 116. The summed E-state index contributed by atoms with van der Waals surface area (Å²) in [4.78, 5) is 2.13. The van der Waals surface area contributed by atoms with Crippen molar-refractivity contribution in [1.29, 1.82) is 0 Å². The van der Waals surface area contributed by atoms with Crippen LogP contribution in [0.1, 0.15) is 6.92 Å². The quantitative estimate of drug-likeness (QED) is 0.594. The fraction of sp³-hybridized carbons (Fsp3) is 0.571. The van der Waals surface area contributed by atoms with E-state index in [0.29, 0.717) is 0 Å². The molecule has 9 heavy (non-hydrogen) atoms. The summed E-state index contributed by atoms with van der Waals surface area (Å²) in [6.07, 6.45) is 4.26. The van der Waals surface area contributed by atoms with Crippen LogP contribution < -0.4 is 0 Å². The van der Waals surface area contributed by atoms with Crippen LogP contribution in [0.3, 0.4) is 0 Å². The third-order valence-electron chi connectivity index (χ3n) is 0.830. The average Bonchev–Trinajstić information content (AvgIpc) is 1.63. The van der Waals surface area contributed by atoms with E-state index < -0.39 is 0 Å². The van der Waals surface area contributed by atoms with Gasteiger partial charge in [-0.2, -0.15) is 0 Å². The van der Waals surface area contributed by atoms with Crippen LogP contribution in [0, 0.1) is 0 Å². The summed E-state index contributed by atoms with van der Waals surface area (Å²) in [7, 11) is 4.12. The number of likely N-dealkylation sites (N-methyl/N-ethyl adjacent to an activating group) is 1. The second-order valence-corrected chi connectivity index (χ2v) is 3.41.